The van der Waals surface area contributed by atoms with Crippen LogP contribution in [-0.2, 0) is 4.57 Å². The van der Waals surface area contributed by atoms with E-state index in [0.717, 1.165) is 49.7 Å². The van der Waals surface area contributed by atoms with Gasteiger partial charge in [0.05, 0.1) is 27.9 Å². The Morgan fingerprint density at radius 2 is 1.21 bits per heavy atom. The van der Waals surface area contributed by atoms with Gasteiger partial charge in [-0.1, -0.05) is 48.5 Å². The molecule has 0 saturated carbocycles. The highest BCUT2D eigenvalue weighted by Crippen LogP contribution is 2.36. The van der Waals surface area contributed by atoms with E-state index in [1.54, 1.807) is 30.6 Å². The van der Waals surface area contributed by atoms with Crippen LogP contribution in [0.1, 0.15) is 0 Å². The lowest BCUT2D eigenvalue weighted by atomic mass is 10.0. The highest BCUT2D eigenvalue weighted by molar-refractivity contribution is 7.32. The van der Waals surface area contributed by atoms with Gasteiger partial charge in [0.1, 0.15) is 11.3 Å². The van der Waals surface area contributed by atoms with E-state index in [0.29, 0.717) is 22.2 Å². The first kappa shape index (κ1) is 22.5. The van der Waals surface area contributed by atoms with E-state index in [9.17, 15) is 9.46 Å². The lowest BCUT2D eigenvalue weighted by Gasteiger charge is -2.11. The van der Waals surface area contributed by atoms with Gasteiger partial charge in [-0.25, -0.2) is 14.5 Å². The molecule has 182 valence electrons. The summed E-state index contributed by atoms with van der Waals surface area (Å²) in [7, 11) is -3.16. The van der Waals surface area contributed by atoms with Crippen LogP contribution in [0, 0.1) is 0 Å². The molecule has 0 aliphatic rings. The van der Waals surface area contributed by atoms with Crippen LogP contribution in [0.4, 0.5) is 0 Å². The monoisotopic (exact) mass is 514 g/mol. The van der Waals surface area contributed by atoms with Crippen LogP contribution >= 0.6 is 8.25 Å². The van der Waals surface area contributed by atoms with E-state index in [4.69, 9.17) is 14.5 Å². The third kappa shape index (κ3) is 3.86. The van der Waals surface area contributed by atoms with E-state index in [1.165, 1.54) is 0 Å². The van der Waals surface area contributed by atoms with Crippen LogP contribution in [0.3, 0.4) is 0 Å². The van der Waals surface area contributed by atoms with Crippen molar-refractivity contribution in [2.75, 3.05) is 0 Å². The zero-order chi connectivity index (χ0) is 25.6. The van der Waals surface area contributed by atoms with Crippen LogP contribution in [0.25, 0.3) is 66.1 Å². The first-order chi connectivity index (χ1) is 18.6. The smallest absolute Gasteiger partial charge is 0.365 e. The molecule has 0 fully saturated rings. The van der Waals surface area contributed by atoms with Gasteiger partial charge in [-0.05, 0) is 42.5 Å². The molecule has 38 heavy (non-hydrogen) atoms. The van der Waals surface area contributed by atoms with Crippen molar-refractivity contribution in [3.8, 4) is 28.3 Å². The number of hydrogen-bond acceptors (Lipinski definition) is 6. The third-order valence-corrected chi connectivity index (χ3v) is 6.99. The summed E-state index contributed by atoms with van der Waals surface area (Å²) < 4.78 is 16.6. The van der Waals surface area contributed by atoms with Crippen molar-refractivity contribution in [3.63, 3.8) is 0 Å². The maximum absolute atomic E-state index is 11.4. The third-order valence-electron chi connectivity index (χ3n) is 6.59. The SMILES string of the molecule is O=[PH](O)Oc1cc2ccc(-c3cccc(-c4ccc5ccc6cccnc6c5n4)c3)nc2c2ncccc12. The molecule has 1 unspecified atom stereocenters. The van der Waals surface area contributed by atoms with E-state index >= 15 is 0 Å². The summed E-state index contributed by atoms with van der Waals surface area (Å²) in [5.74, 6) is 0.313. The van der Waals surface area contributed by atoms with Gasteiger partial charge in [0.2, 0.25) is 0 Å². The molecule has 8 heteroatoms. The van der Waals surface area contributed by atoms with Gasteiger partial charge in [0.15, 0.2) is 0 Å². The fourth-order valence-electron chi connectivity index (χ4n) is 4.85. The van der Waals surface area contributed by atoms with Crippen molar-refractivity contribution in [2.45, 2.75) is 0 Å². The highest BCUT2D eigenvalue weighted by Gasteiger charge is 2.13. The van der Waals surface area contributed by atoms with Crippen LogP contribution in [-0.4, -0.2) is 24.8 Å². The van der Waals surface area contributed by atoms with Crippen LogP contribution < -0.4 is 4.52 Å². The second-order valence-corrected chi connectivity index (χ2v) is 9.64. The molecule has 0 bridgehead atoms. The quantitative estimate of drug-likeness (QED) is 0.200. The fourth-order valence-corrected chi connectivity index (χ4v) is 5.21. The molecule has 0 aliphatic carbocycles. The molecule has 7 aromatic rings. The number of rotatable bonds is 4. The first-order valence-electron chi connectivity index (χ1n) is 12.0. The lowest BCUT2D eigenvalue weighted by molar-refractivity contribution is 0.412. The summed E-state index contributed by atoms with van der Waals surface area (Å²) in [6, 6.07) is 29.5. The Kier molecular flexibility index (Phi) is 5.32. The van der Waals surface area contributed by atoms with Crippen LogP contribution in [0.2, 0.25) is 0 Å². The molecule has 3 aromatic carbocycles. The molecule has 7 nitrogen and oxygen atoms in total. The second-order valence-electron chi connectivity index (χ2n) is 8.90. The molecule has 7 rings (SSSR count). The summed E-state index contributed by atoms with van der Waals surface area (Å²) in [6.07, 6.45) is 3.46. The van der Waals surface area contributed by atoms with E-state index in [1.807, 2.05) is 48.5 Å². The average Bonchev–Trinajstić information content (AvgIpc) is 2.96. The maximum Gasteiger partial charge on any atom is 0.365 e. The van der Waals surface area contributed by atoms with E-state index in [2.05, 4.69) is 34.2 Å². The fraction of sp³-hybridized carbons (Fsp3) is 0. The summed E-state index contributed by atoms with van der Waals surface area (Å²) in [5.41, 5.74) is 6.59. The Morgan fingerprint density at radius 3 is 1.95 bits per heavy atom. The summed E-state index contributed by atoms with van der Waals surface area (Å²) in [5, 5.41) is 3.50. The number of hydrogen-bond donors (Lipinski definition) is 1. The molecule has 1 N–H and O–H groups in total. The predicted molar refractivity (Wildman–Crippen MR) is 150 cm³/mol. The predicted octanol–water partition coefficient (Wildman–Crippen LogP) is 6.97. The highest BCUT2D eigenvalue weighted by atomic mass is 31.1. The van der Waals surface area contributed by atoms with E-state index < -0.39 is 8.25 Å². The average molecular weight is 514 g/mol. The number of nitrogens with zero attached hydrogens (tertiary/aromatic N) is 4. The molecular weight excluding hydrogens is 495 g/mol. The van der Waals surface area contributed by atoms with Gasteiger partial charge in [0, 0.05) is 45.1 Å². The van der Waals surface area contributed by atoms with E-state index in [-0.39, 0.29) is 0 Å². The minimum absolute atomic E-state index is 0.313. The normalized spacial score (nSPS) is 12.3. The van der Waals surface area contributed by atoms with Crippen molar-refractivity contribution in [3.05, 3.63) is 103 Å². The van der Waals surface area contributed by atoms with Gasteiger partial charge in [0.25, 0.3) is 0 Å². The summed E-state index contributed by atoms with van der Waals surface area (Å²) >= 11 is 0. The molecule has 0 radical (unpaired) electrons. The first-order valence-corrected chi connectivity index (χ1v) is 13.2. The Morgan fingerprint density at radius 1 is 0.605 bits per heavy atom. The standard InChI is InChI=1S/C30H19N4O3P/c35-38(36)37-26-17-22-11-13-25(34-29(22)30-23(26)7-3-15-32-30)21-5-1-4-20(16-21)24-12-10-19-9-8-18-6-2-14-31-27(18)28(19)33-24/h1-17,38H,(H,35,36). The molecule has 0 amide bonds. The van der Waals surface area contributed by atoms with Crippen molar-refractivity contribution >= 4 is 51.9 Å². The minimum atomic E-state index is -3.16. The largest absolute Gasteiger partial charge is 0.426 e. The summed E-state index contributed by atoms with van der Waals surface area (Å²) in [6.45, 7) is 0. The van der Waals surface area contributed by atoms with Crippen molar-refractivity contribution in [2.24, 2.45) is 0 Å². The number of fused-ring (bicyclic) bond motifs is 6. The molecule has 4 aromatic heterocycles. The van der Waals surface area contributed by atoms with Gasteiger partial charge >= 0.3 is 8.25 Å². The zero-order valence-corrected chi connectivity index (χ0v) is 20.9. The molecule has 1 atom stereocenters. The zero-order valence-electron chi connectivity index (χ0n) is 19.9. The molecule has 4 heterocycles. The Hall–Kier alpha value is -4.71. The van der Waals surface area contributed by atoms with Crippen LogP contribution in [0.15, 0.2) is 103 Å². The van der Waals surface area contributed by atoms with Gasteiger partial charge in [-0.2, -0.15) is 0 Å². The van der Waals surface area contributed by atoms with Gasteiger partial charge in [-0.3, -0.25) is 9.97 Å². The van der Waals surface area contributed by atoms with Gasteiger partial charge < -0.3 is 9.42 Å². The van der Waals surface area contributed by atoms with Crippen molar-refractivity contribution in [1.29, 1.82) is 0 Å². The topological polar surface area (TPSA) is 98.1 Å². The van der Waals surface area contributed by atoms with Crippen LogP contribution in [0.5, 0.6) is 5.75 Å². The number of aromatic nitrogens is 4. The molecular formula is C30H19N4O3P. The van der Waals surface area contributed by atoms with Gasteiger partial charge in [-0.15, -0.1) is 0 Å². The maximum atomic E-state index is 11.4. The Balaban J connectivity index is 1.35. The molecule has 0 saturated heterocycles. The Bertz CT molecular complexity index is 2060. The van der Waals surface area contributed by atoms with Crippen molar-refractivity contribution in [1.82, 2.24) is 19.9 Å². The molecule has 0 spiro atoms. The molecule has 0 aliphatic heterocycles. The lowest BCUT2D eigenvalue weighted by Crippen LogP contribution is -1.92. The number of benzene rings is 3. The number of pyridine rings is 4. The van der Waals surface area contributed by atoms with Crippen molar-refractivity contribution < 1.29 is 14.0 Å². The minimum Gasteiger partial charge on any atom is -0.426 e. The second kappa shape index (κ2) is 8.99. The summed E-state index contributed by atoms with van der Waals surface area (Å²) in [4.78, 5) is 28.3. The Labute approximate surface area is 217 Å².